The van der Waals surface area contributed by atoms with Gasteiger partial charge < -0.3 is 15.8 Å². The SMILES string of the molecule is Nc1cn[nH]c1C(=O)Nc1ccccc1OC(F)F. The Labute approximate surface area is 106 Å². The van der Waals surface area contributed by atoms with Crippen LogP contribution in [0, 0.1) is 0 Å². The minimum absolute atomic E-state index is 0.0480. The van der Waals surface area contributed by atoms with Gasteiger partial charge in [0.15, 0.2) is 0 Å². The minimum Gasteiger partial charge on any atom is -0.433 e. The van der Waals surface area contributed by atoms with Gasteiger partial charge in [-0.1, -0.05) is 12.1 Å². The van der Waals surface area contributed by atoms with E-state index in [2.05, 4.69) is 20.3 Å². The van der Waals surface area contributed by atoms with Crippen molar-refractivity contribution >= 4 is 17.3 Å². The van der Waals surface area contributed by atoms with Crippen LogP contribution in [0.2, 0.25) is 0 Å². The van der Waals surface area contributed by atoms with Gasteiger partial charge >= 0.3 is 6.61 Å². The van der Waals surface area contributed by atoms with Crippen molar-refractivity contribution in [2.75, 3.05) is 11.1 Å². The molecule has 100 valence electrons. The first kappa shape index (κ1) is 12.8. The van der Waals surface area contributed by atoms with Crippen LogP contribution >= 0.6 is 0 Å². The second kappa shape index (κ2) is 5.34. The molecule has 6 nitrogen and oxygen atoms in total. The van der Waals surface area contributed by atoms with Crippen LogP contribution in [0.1, 0.15) is 10.5 Å². The van der Waals surface area contributed by atoms with Crippen molar-refractivity contribution in [1.29, 1.82) is 0 Å². The highest BCUT2D eigenvalue weighted by molar-refractivity contribution is 6.06. The summed E-state index contributed by atoms with van der Waals surface area (Å²) < 4.78 is 28.7. The van der Waals surface area contributed by atoms with E-state index in [0.29, 0.717) is 0 Å². The number of benzene rings is 1. The first-order valence-corrected chi connectivity index (χ1v) is 5.22. The highest BCUT2D eigenvalue weighted by atomic mass is 19.3. The number of anilines is 2. The molecule has 0 aliphatic heterocycles. The Balaban J connectivity index is 2.19. The standard InChI is InChI=1S/C11H10F2N4O2/c12-11(13)19-8-4-2-1-3-7(8)16-10(18)9-6(14)5-15-17-9/h1-5,11H,14H2,(H,15,17)(H,16,18). The van der Waals surface area contributed by atoms with Gasteiger partial charge in [-0.25, -0.2) is 0 Å². The minimum atomic E-state index is -2.98. The molecule has 1 aromatic heterocycles. The summed E-state index contributed by atoms with van der Waals surface area (Å²) in [5.41, 5.74) is 5.83. The Morgan fingerprint density at radius 2 is 2.16 bits per heavy atom. The Bertz CT molecular complexity index is 586. The van der Waals surface area contributed by atoms with Crippen molar-refractivity contribution in [1.82, 2.24) is 10.2 Å². The zero-order valence-corrected chi connectivity index (χ0v) is 9.56. The molecule has 0 unspecified atom stereocenters. The number of H-pyrrole nitrogens is 1. The average molecular weight is 268 g/mol. The summed E-state index contributed by atoms with van der Waals surface area (Å²) in [6.07, 6.45) is 1.27. The van der Waals surface area contributed by atoms with Gasteiger partial charge in [0.1, 0.15) is 11.4 Å². The predicted molar refractivity (Wildman–Crippen MR) is 64.0 cm³/mol. The number of alkyl halides is 2. The number of aromatic amines is 1. The van der Waals surface area contributed by atoms with E-state index in [1.165, 1.54) is 24.4 Å². The van der Waals surface area contributed by atoms with Crippen molar-refractivity contribution in [3.8, 4) is 5.75 Å². The van der Waals surface area contributed by atoms with Crippen molar-refractivity contribution in [2.45, 2.75) is 6.61 Å². The Kier molecular flexibility index (Phi) is 3.60. The molecule has 0 aliphatic rings. The quantitative estimate of drug-likeness (QED) is 0.788. The number of para-hydroxylation sites is 2. The third kappa shape index (κ3) is 2.97. The van der Waals surface area contributed by atoms with Gasteiger partial charge in [-0.2, -0.15) is 13.9 Å². The molecule has 1 heterocycles. The molecular weight excluding hydrogens is 258 g/mol. The number of carbonyl (C=O) groups excluding carboxylic acids is 1. The van der Waals surface area contributed by atoms with Gasteiger partial charge in [0.05, 0.1) is 17.6 Å². The van der Waals surface area contributed by atoms with E-state index >= 15 is 0 Å². The molecule has 0 aliphatic carbocycles. The van der Waals surface area contributed by atoms with E-state index in [1.807, 2.05) is 0 Å². The van der Waals surface area contributed by atoms with Gasteiger partial charge in [-0.15, -0.1) is 0 Å². The summed E-state index contributed by atoms with van der Waals surface area (Å²) in [5, 5.41) is 8.41. The zero-order valence-electron chi connectivity index (χ0n) is 9.56. The number of ether oxygens (including phenoxy) is 1. The molecule has 0 atom stereocenters. The maximum atomic E-state index is 12.2. The lowest BCUT2D eigenvalue weighted by Gasteiger charge is -2.11. The van der Waals surface area contributed by atoms with Crippen LogP contribution in [-0.4, -0.2) is 22.7 Å². The highest BCUT2D eigenvalue weighted by Gasteiger charge is 2.15. The molecular formula is C11H10F2N4O2. The second-order valence-electron chi connectivity index (χ2n) is 3.53. The van der Waals surface area contributed by atoms with E-state index in [9.17, 15) is 13.6 Å². The summed E-state index contributed by atoms with van der Waals surface area (Å²) >= 11 is 0. The van der Waals surface area contributed by atoms with Crippen LogP contribution in [-0.2, 0) is 0 Å². The van der Waals surface area contributed by atoms with E-state index in [0.717, 1.165) is 0 Å². The molecule has 2 aromatic rings. The topological polar surface area (TPSA) is 93.0 Å². The number of rotatable bonds is 4. The highest BCUT2D eigenvalue weighted by Crippen LogP contribution is 2.26. The smallest absolute Gasteiger partial charge is 0.387 e. The number of hydrogen-bond acceptors (Lipinski definition) is 4. The molecule has 0 bridgehead atoms. The molecule has 0 fully saturated rings. The first-order chi connectivity index (χ1) is 9.08. The van der Waals surface area contributed by atoms with E-state index in [1.54, 1.807) is 6.07 Å². The van der Waals surface area contributed by atoms with E-state index in [4.69, 9.17) is 5.73 Å². The maximum Gasteiger partial charge on any atom is 0.387 e. The number of nitrogens with two attached hydrogens (primary N) is 1. The van der Waals surface area contributed by atoms with Crippen molar-refractivity contribution in [2.24, 2.45) is 0 Å². The number of nitrogens with zero attached hydrogens (tertiary/aromatic N) is 1. The molecule has 0 radical (unpaired) electrons. The van der Waals surface area contributed by atoms with E-state index in [-0.39, 0.29) is 22.8 Å². The summed E-state index contributed by atoms with van der Waals surface area (Å²) in [5.74, 6) is -0.732. The van der Waals surface area contributed by atoms with Crippen LogP contribution in [0.3, 0.4) is 0 Å². The van der Waals surface area contributed by atoms with Crippen molar-refractivity contribution < 1.29 is 18.3 Å². The van der Waals surface area contributed by atoms with Crippen LogP contribution in [0.15, 0.2) is 30.5 Å². The number of hydrogen-bond donors (Lipinski definition) is 3. The van der Waals surface area contributed by atoms with Crippen LogP contribution in [0.25, 0.3) is 0 Å². The normalized spacial score (nSPS) is 10.5. The van der Waals surface area contributed by atoms with Gasteiger partial charge in [0.25, 0.3) is 5.91 Å². The van der Waals surface area contributed by atoms with Gasteiger partial charge in [0.2, 0.25) is 0 Å². The lowest BCUT2D eigenvalue weighted by Crippen LogP contribution is -2.15. The summed E-state index contributed by atoms with van der Waals surface area (Å²) in [6, 6.07) is 5.84. The third-order valence-electron chi connectivity index (χ3n) is 2.25. The van der Waals surface area contributed by atoms with Gasteiger partial charge in [-0.05, 0) is 12.1 Å². The van der Waals surface area contributed by atoms with Gasteiger partial charge in [0, 0.05) is 0 Å². The number of nitrogen functional groups attached to an aromatic ring is 1. The Morgan fingerprint density at radius 1 is 1.42 bits per heavy atom. The average Bonchev–Trinajstić information content (AvgIpc) is 2.77. The predicted octanol–water partition coefficient (Wildman–Crippen LogP) is 1.85. The van der Waals surface area contributed by atoms with Crippen LogP contribution < -0.4 is 15.8 Å². The van der Waals surface area contributed by atoms with Crippen molar-refractivity contribution in [3.63, 3.8) is 0 Å². The first-order valence-electron chi connectivity index (χ1n) is 5.22. The fraction of sp³-hybridized carbons (Fsp3) is 0.0909. The fourth-order valence-electron chi connectivity index (χ4n) is 1.43. The molecule has 1 amide bonds. The molecule has 19 heavy (non-hydrogen) atoms. The summed E-state index contributed by atoms with van der Waals surface area (Å²) in [4.78, 5) is 11.8. The summed E-state index contributed by atoms with van der Waals surface area (Å²) in [6.45, 7) is -2.98. The largest absolute Gasteiger partial charge is 0.433 e. The molecule has 4 N–H and O–H groups in total. The number of aromatic nitrogens is 2. The molecule has 0 saturated carbocycles. The summed E-state index contributed by atoms with van der Waals surface area (Å²) in [7, 11) is 0. The van der Waals surface area contributed by atoms with Crippen LogP contribution in [0.4, 0.5) is 20.2 Å². The van der Waals surface area contributed by atoms with Gasteiger partial charge in [-0.3, -0.25) is 9.89 Å². The Morgan fingerprint density at radius 3 is 2.79 bits per heavy atom. The lowest BCUT2D eigenvalue weighted by atomic mass is 10.2. The maximum absolute atomic E-state index is 12.2. The van der Waals surface area contributed by atoms with Crippen LogP contribution in [0.5, 0.6) is 5.75 Å². The number of carbonyl (C=O) groups is 1. The van der Waals surface area contributed by atoms with Crippen molar-refractivity contribution in [3.05, 3.63) is 36.2 Å². The molecule has 0 saturated heterocycles. The molecule has 2 rings (SSSR count). The Hall–Kier alpha value is -2.64. The third-order valence-corrected chi connectivity index (χ3v) is 2.25. The molecule has 1 aromatic carbocycles. The zero-order chi connectivity index (χ0) is 13.8. The second-order valence-corrected chi connectivity index (χ2v) is 3.53. The molecule has 8 heteroatoms. The lowest BCUT2D eigenvalue weighted by molar-refractivity contribution is -0.0493. The molecule has 0 spiro atoms. The number of amides is 1. The number of halogens is 2. The van der Waals surface area contributed by atoms with E-state index < -0.39 is 12.5 Å². The number of nitrogens with one attached hydrogen (secondary N) is 2. The monoisotopic (exact) mass is 268 g/mol. The fourth-order valence-corrected chi connectivity index (χ4v) is 1.43.